The number of sulfonamides is 1. The van der Waals surface area contributed by atoms with Gasteiger partial charge in [0.05, 0.1) is 11.5 Å². The first-order valence-electron chi connectivity index (χ1n) is 11.0. The van der Waals surface area contributed by atoms with Gasteiger partial charge in [-0.2, -0.15) is 13.2 Å². The summed E-state index contributed by atoms with van der Waals surface area (Å²) in [4.78, 5) is 38.9. The van der Waals surface area contributed by atoms with Crippen molar-refractivity contribution in [3.8, 4) is 0 Å². The Morgan fingerprint density at radius 1 is 1.13 bits per heavy atom. The van der Waals surface area contributed by atoms with E-state index in [-0.39, 0.29) is 36.2 Å². The molecule has 0 atom stereocenters. The van der Waals surface area contributed by atoms with Crippen LogP contribution in [0.4, 0.5) is 18.9 Å². The zero-order valence-corrected chi connectivity index (χ0v) is 22.2. The average Bonchev–Trinajstić information content (AvgIpc) is 2.77. The number of halogens is 3. The van der Waals surface area contributed by atoms with Crippen molar-refractivity contribution in [1.82, 2.24) is 15.4 Å². The number of alkyl halides is 3. The van der Waals surface area contributed by atoms with Gasteiger partial charge in [-0.05, 0) is 51.0 Å². The standard InChI is InChI=1S/C20H28N6O5S.C2HF3O2/c1-12-9-13(2)18(14(3)10-12)32(29,30)25-16-6-5-15(4)26(19(16)28)11-17(27)23-7-8-31-24-20(21)22;3-2(4,5)1(6)7/h5-6,9-10,25H,7-8,11H2,1-4H3,(H,23,27)(H4,21,22,24);(H,6,7). The summed E-state index contributed by atoms with van der Waals surface area (Å²) in [5.41, 5.74) is 8.97. The number of benzene rings is 1. The van der Waals surface area contributed by atoms with Crippen molar-refractivity contribution >= 4 is 33.5 Å². The molecule has 1 aromatic carbocycles. The highest BCUT2D eigenvalue weighted by Crippen LogP contribution is 2.23. The summed E-state index contributed by atoms with van der Waals surface area (Å²) in [5.74, 6) is -3.59. The molecule has 39 heavy (non-hydrogen) atoms. The maximum absolute atomic E-state index is 13.0. The number of rotatable bonds is 9. The number of hydrogen-bond donors (Lipinski definition) is 6. The molecule has 0 aliphatic heterocycles. The third-order valence-corrected chi connectivity index (χ3v) is 6.43. The number of hydrogen-bond acceptors (Lipinski definition) is 7. The Kier molecular flexibility index (Phi) is 11.5. The predicted molar refractivity (Wildman–Crippen MR) is 135 cm³/mol. The molecule has 0 unspecified atom stereocenters. The van der Waals surface area contributed by atoms with Crippen LogP contribution in [0, 0.1) is 33.1 Å². The van der Waals surface area contributed by atoms with Crippen LogP contribution in [0.3, 0.4) is 0 Å². The molecule has 7 N–H and O–H groups in total. The van der Waals surface area contributed by atoms with Crippen LogP contribution in [0.1, 0.15) is 22.4 Å². The van der Waals surface area contributed by atoms with E-state index in [1.165, 1.54) is 10.6 Å². The second-order valence-corrected chi connectivity index (χ2v) is 9.75. The van der Waals surface area contributed by atoms with Crippen molar-refractivity contribution in [1.29, 1.82) is 5.41 Å². The molecule has 0 saturated carbocycles. The van der Waals surface area contributed by atoms with E-state index in [1.807, 2.05) is 6.92 Å². The Bertz CT molecular complexity index is 1370. The van der Waals surface area contributed by atoms with E-state index < -0.39 is 33.6 Å². The molecule has 0 fully saturated rings. The Hall–Kier alpha value is -4.12. The van der Waals surface area contributed by atoms with Gasteiger partial charge in [0.1, 0.15) is 12.2 Å². The molecular formula is C22H29F3N6O7S. The SMILES string of the molecule is Cc1cc(C)c(S(=O)(=O)Nc2ccc(C)n(CC(=O)NCCONC(=N)N)c2=O)c(C)c1.O=C(O)C(F)(F)F. The topological polar surface area (TPSA) is 206 Å². The van der Waals surface area contributed by atoms with Gasteiger partial charge in [0, 0.05) is 12.2 Å². The first-order chi connectivity index (χ1) is 17.9. The summed E-state index contributed by atoms with van der Waals surface area (Å²) >= 11 is 0. The lowest BCUT2D eigenvalue weighted by atomic mass is 10.1. The maximum Gasteiger partial charge on any atom is 0.490 e. The molecule has 1 aromatic heterocycles. The van der Waals surface area contributed by atoms with E-state index >= 15 is 0 Å². The number of amides is 1. The maximum atomic E-state index is 13.0. The molecule has 0 spiro atoms. The number of aliphatic carboxylic acids is 1. The van der Waals surface area contributed by atoms with Crippen LogP contribution in [0.15, 0.2) is 34.0 Å². The number of aromatic nitrogens is 1. The highest BCUT2D eigenvalue weighted by Gasteiger charge is 2.38. The van der Waals surface area contributed by atoms with Gasteiger partial charge >= 0.3 is 12.1 Å². The molecule has 0 aliphatic rings. The summed E-state index contributed by atoms with van der Waals surface area (Å²) in [5, 5.41) is 16.6. The third-order valence-electron chi connectivity index (χ3n) is 4.76. The summed E-state index contributed by atoms with van der Waals surface area (Å²) in [6, 6.07) is 6.45. The molecule has 2 rings (SSSR count). The van der Waals surface area contributed by atoms with Crippen LogP contribution in [0.25, 0.3) is 0 Å². The minimum absolute atomic E-state index is 0.0499. The first-order valence-corrected chi connectivity index (χ1v) is 12.4. The zero-order valence-electron chi connectivity index (χ0n) is 21.4. The molecule has 216 valence electrons. The summed E-state index contributed by atoms with van der Waals surface area (Å²) in [6.45, 7) is 6.77. The van der Waals surface area contributed by atoms with E-state index in [0.717, 1.165) is 5.56 Å². The molecule has 2 aromatic rings. The lowest BCUT2D eigenvalue weighted by molar-refractivity contribution is -0.192. The number of carboxylic acid groups (broad SMARTS) is 1. The van der Waals surface area contributed by atoms with Gasteiger partial charge in [0.25, 0.3) is 15.6 Å². The van der Waals surface area contributed by atoms with Gasteiger partial charge < -0.3 is 20.7 Å². The second-order valence-electron chi connectivity index (χ2n) is 8.13. The molecule has 0 radical (unpaired) electrons. The lowest BCUT2D eigenvalue weighted by Crippen LogP contribution is -2.37. The summed E-state index contributed by atoms with van der Waals surface area (Å²) < 4.78 is 61.3. The predicted octanol–water partition coefficient (Wildman–Crippen LogP) is 1.05. The number of aryl methyl sites for hydroxylation is 4. The minimum Gasteiger partial charge on any atom is -0.475 e. The van der Waals surface area contributed by atoms with Crippen molar-refractivity contribution < 1.29 is 41.1 Å². The highest BCUT2D eigenvalue weighted by atomic mass is 32.2. The number of nitrogens with zero attached hydrogens (tertiary/aromatic N) is 1. The van der Waals surface area contributed by atoms with Crippen LogP contribution in [-0.2, 0) is 31.0 Å². The van der Waals surface area contributed by atoms with E-state index in [0.29, 0.717) is 16.8 Å². The molecule has 0 aliphatic carbocycles. The number of carboxylic acids is 1. The first kappa shape index (κ1) is 32.9. The van der Waals surface area contributed by atoms with Crippen molar-refractivity contribution in [2.45, 2.75) is 45.3 Å². The fraction of sp³-hybridized carbons (Fsp3) is 0.364. The van der Waals surface area contributed by atoms with Gasteiger partial charge in [-0.25, -0.2) is 18.7 Å². The Morgan fingerprint density at radius 3 is 2.15 bits per heavy atom. The smallest absolute Gasteiger partial charge is 0.475 e. The zero-order chi connectivity index (χ0) is 30.1. The number of pyridine rings is 1. The highest BCUT2D eigenvalue weighted by molar-refractivity contribution is 7.92. The van der Waals surface area contributed by atoms with Gasteiger partial charge in [0.2, 0.25) is 11.9 Å². The molecular weight excluding hydrogens is 549 g/mol. The number of carbonyl (C=O) groups is 2. The van der Waals surface area contributed by atoms with Gasteiger partial charge in [-0.1, -0.05) is 17.7 Å². The van der Waals surface area contributed by atoms with E-state index in [4.69, 9.17) is 25.9 Å². The van der Waals surface area contributed by atoms with Gasteiger partial charge in [-0.3, -0.25) is 24.6 Å². The molecule has 0 bridgehead atoms. The monoisotopic (exact) mass is 578 g/mol. The van der Waals surface area contributed by atoms with Crippen molar-refractivity contribution in [2.75, 3.05) is 17.9 Å². The fourth-order valence-electron chi connectivity index (χ4n) is 3.30. The van der Waals surface area contributed by atoms with E-state index in [1.54, 1.807) is 39.0 Å². The van der Waals surface area contributed by atoms with E-state index in [9.17, 15) is 31.2 Å². The third kappa shape index (κ3) is 10.3. The normalized spacial score (nSPS) is 11.2. The van der Waals surface area contributed by atoms with Crippen LogP contribution < -0.4 is 26.8 Å². The number of carbonyl (C=O) groups excluding carboxylic acids is 1. The van der Waals surface area contributed by atoms with Gasteiger partial charge in [-0.15, -0.1) is 0 Å². The molecule has 13 nitrogen and oxygen atoms in total. The average molecular weight is 579 g/mol. The fourth-order valence-corrected chi connectivity index (χ4v) is 4.81. The van der Waals surface area contributed by atoms with Crippen LogP contribution >= 0.6 is 0 Å². The molecule has 17 heteroatoms. The number of anilines is 1. The second kappa shape index (κ2) is 13.6. The number of guanidine groups is 1. The summed E-state index contributed by atoms with van der Waals surface area (Å²) in [6.07, 6.45) is -5.08. The molecule has 1 amide bonds. The van der Waals surface area contributed by atoms with Crippen molar-refractivity contribution in [2.24, 2.45) is 5.73 Å². The van der Waals surface area contributed by atoms with Gasteiger partial charge in [0.15, 0.2) is 0 Å². The van der Waals surface area contributed by atoms with Crippen LogP contribution in [0.2, 0.25) is 0 Å². The number of hydroxylamine groups is 1. The minimum atomic E-state index is -5.08. The number of nitrogens with two attached hydrogens (primary N) is 1. The molecule has 0 saturated heterocycles. The van der Waals surface area contributed by atoms with Crippen molar-refractivity contribution in [3.63, 3.8) is 0 Å². The largest absolute Gasteiger partial charge is 0.490 e. The van der Waals surface area contributed by atoms with Crippen molar-refractivity contribution in [3.05, 3.63) is 57.0 Å². The van der Waals surface area contributed by atoms with Crippen LogP contribution in [0.5, 0.6) is 0 Å². The quantitative estimate of drug-likeness (QED) is 0.109. The Balaban J connectivity index is 0.000000956. The van der Waals surface area contributed by atoms with E-state index in [2.05, 4.69) is 15.5 Å². The number of nitrogens with one attached hydrogen (secondary N) is 4. The van der Waals surface area contributed by atoms with Crippen LogP contribution in [-0.4, -0.2) is 55.3 Å². The molecule has 1 heterocycles. The Labute approximate surface area is 221 Å². The Morgan fingerprint density at radius 2 is 1.67 bits per heavy atom. The summed E-state index contributed by atoms with van der Waals surface area (Å²) in [7, 11) is -4.01. The lowest BCUT2D eigenvalue weighted by Gasteiger charge is -2.16.